The van der Waals surface area contributed by atoms with E-state index in [2.05, 4.69) is 0 Å². The topological polar surface area (TPSA) is 73.3 Å². The van der Waals surface area contributed by atoms with Crippen LogP contribution < -0.4 is 4.90 Å². The molecule has 2 saturated heterocycles. The SMILES string of the molecule is O=C(CC(F)(F)F)N1C[C@H]2[C@@H](c3ccccc31)[C@H](CO)N2C(=O)CN1CCOCC1. The van der Waals surface area contributed by atoms with Gasteiger partial charge in [0.25, 0.3) is 0 Å². The van der Waals surface area contributed by atoms with Crippen LogP contribution in [0, 0.1) is 0 Å². The first-order chi connectivity index (χ1) is 14.3. The third-order valence-electron chi connectivity index (χ3n) is 6.09. The number of amides is 2. The Morgan fingerprint density at radius 3 is 2.50 bits per heavy atom. The second-order valence-corrected chi connectivity index (χ2v) is 7.89. The number of hydrogen-bond donors (Lipinski definition) is 1. The Hall–Kier alpha value is -2.17. The van der Waals surface area contributed by atoms with Gasteiger partial charge in [0.2, 0.25) is 11.8 Å². The van der Waals surface area contributed by atoms with E-state index in [-0.39, 0.29) is 31.5 Å². The molecule has 3 atom stereocenters. The number of hydrogen-bond acceptors (Lipinski definition) is 5. The molecule has 1 N–H and O–H groups in total. The van der Waals surface area contributed by atoms with Gasteiger partial charge in [-0.15, -0.1) is 0 Å². The van der Waals surface area contributed by atoms with Gasteiger partial charge in [0.05, 0.1) is 38.4 Å². The zero-order chi connectivity index (χ0) is 21.5. The van der Waals surface area contributed by atoms with E-state index < -0.39 is 30.6 Å². The summed E-state index contributed by atoms with van der Waals surface area (Å²) in [6.07, 6.45) is -6.16. The molecule has 0 aliphatic carbocycles. The van der Waals surface area contributed by atoms with E-state index in [1.807, 2.05) is 4.90 Å². The maximum absolute atomic E-state index is 13.0. The number of carbonyl (C=O) groups excluding carboxylic acids is 2. The maximum Gasteiger partial charge on any atom is 0.397 e. The molecular formula is C20H24F3N3O4. The molecule has 0 unspecified atom stereocenters. The molecule has 4 rings (SSSR count). The number of nitrogens with zero attached hydrogens (tertiary/aromatic N) is 3. The normalized spacial score (nSPS) is 26.6. The van der Waals surface area contributed by atoms with Crippen molar-refractivity contribution < 1.29 is 32.6 Å². The van der Waals surface area contributed by atoms with Gasteiger partial charge in [-0.3, -0.25) is 14.5 Å². The average molecular weight is 427 g/mol. The van der Waals surface area contributed by atoms with Crippen molar-refractivity contribution in [2.45, 2.75) is 30.6 Å². The van der Waals surface area contributed by atoms with E-state index in [0.29, 0.717) is 37.6 Å². The Balaban J connectivity index is 1.58. The van der Waals surface area contributed by atoms with Gasteiger partial charge in [-0.25, -0.2) is 0 Å². The summed E-state index contributed by atoms with van der Waals surface area (Å²) < 4.78 is 43.8. The summed E-state index contributed by atoms with van der Waals surface area (Å²) in [5.74, 6) is -1.45. The molecule has 1 aromatic rings. The van der Waals surface area contributed by atoms with E-state index in [1.165, 1.54) is 0 Å². The lowest BCUT2D eigenvalue weighted by Crippen LogP contribution is -2.71. The number of anilines is 1. The maximum atomic E-state index is 13.0. The lowest BCUT2D eigenvalue weighted by Gasteiger charge is -2.59. The van der Waals surface area contributed by atoms with Crippen molar-refractivity contribution in [3.8, 4) is 0 Å². The molecule has 0 saturated carbocycles. The fraction of sp³-hybridized carbons (Fsp3) is 0.600. The molecule has 10 heteroatoms. The minimum absolute atomic E-state index is 0.0120. The van der Waals surface area contributed by atoms with Crippen LogP contribution >= 0.6 is 0 Å². The lowest BCUT2D eigenvalue weighted by molar-refractivity contribution is -0.157. The third-order valence-corrected chi connectivity index (χ3v) is 6.09. The minimum Gasteiger partial charge on any atom is -0.394 e. The minimum atomic E-state index is -4.61. The van der Waals surface area contributed by atoms with Gasteiger partial charge in [0.15, 0.2) is 0 Å². The number of aliphatic hydroxyl groups excluding tert-OH is 1. The molecule has 2 fully saturated rings. The van der Waals surface area contributed by atoms with Crippen molar-refractivity contribution in [1.82, 2.24) is 9.80 Å². The van der Waals surface area contributed by atoms with Crippen LogP contribution in [-0.2, 0) is 14.3 Å². The summed E-state index contributed by atoms with van der Waals surface area (Å²) in [5, 5.41) is 9.95. The first kappa shape index (κ1) is 21.1. The first-order valence-corrected chi connectivity index (χ1v) is 9.98. The summed E-state index contributed by atoms with van der Waals surface area (Å²) in [6, 6.07) is 5.88. The van der Waals surface area contributed by atoms with Crippen molar-refractivity contribution in [2.75, 3.05) is 50.9 Å². The quantitative estimate of drug-likeness (QED) is 0.776. The standard InChI is InChI=1S/C20H24F3N3O4/c21-20(22,23)9-17(28)25-10-15-19(13-3-1-2-4-14(13)25)16(12-27)26(15)18(29)11-24-5-7-30-8-6-24/h1-4,15-16,19,27H,5-12H2/t15-,16-,19+/m0/s1. The fourth-order valence-electron chi connectivity index (χ4n) is 4.77. The summed E-state index contributed by atoms with van der Waals surface area (Å²) in [6.45, 7) is 2.21. The number of aliphatic hydroxyl groups is 1. The first-order valence-electron chi connectivity index (χ1n) is 9.98. The highest BCUT2D eigenvalue weighted by atomic mass is 19.4. The predicted octanol–water partition coefficient (Wildman–Crippen LogP) is 0.973. The van der Waals surface area contributed by atoms with Crippen molar-refractivity contribution in [3.63, 3.8) is 0 Å². The number of halogens is 3. The van der Waals surface area contributed by atoms with Crippen molar-refractivity contribution in [2.24, 2.45) is 0 Å². The average Bonchev–Trinajstić information content (AvgIpc) is 2.67. The molecule has 1 aromatic carbocycles. The molecule has 3 aliphatic heterocycles. The highest BCUT2D eigenvalue weighted by Gasteiger charge is 2.55. The molecule has 0 spiro atoms. The van der Waals surface area contributed by atoms with Crippen LogP contribution in [-0.4, -0.2) is 91.0 Å². The number of carbonyl (C=O) groups is 2. The highest BCUT2D eigenvalue weighted by molar-refractivity contribution is 5.96. The van der Waals surface area contributed by atoms with Crippen LogP contribution in [0.4, 0.5) is 18.9 Å². The summed E-state index contributed by atoms with van der Waals surface area (Å²) in [5.41, 5.74) is 1.12. The molecule has 164 valence electrons. The number of ether oxygens (including phenoxy) is 1. The number of alkyl halides is 3. The molecule has 30 heavy (non-hydrogen) atoms. The molecule has 3 heterocycles. The smallest absolute Gasteiger partial charge is 0.394 e. The Labute approximate surface area is 172 Å². The van der Waals surface area contributed by atoms with Crippen LogP contribution in [0.25, 0.3) is 0 Å². The zero-order valence-corrected chi connectivity index (χ0v) is 16.3. The van der Waals surface area contributed by atoms with Crippen molar-refractivity contribution >= 4 is 17.5 Å². The van der Waals surface area contributed by atoms with Gasteiger partial charge in [0.1, 0.15) is 6.42 Å². The van der Waals surface area contributed by atoms with Gasteiger partial charge in [-0.2, -0.15) is 13.2 Å². The second-order valence-electron chi connectivity index (χ2n) is 7.89. The molecule has 0 radical (unpaired) electrons. The number of fused-ring (bicyclic) bond motifs is 3. The van der Waals surface area contributed by atoms with Crippen LogP contribution in [0.2, 0.25) is 0 Å². The van der Waals surface area contributed by atoms with E-state index in [0.717, 1.165) is 4.90 Å². The molecule has 3 aliphatic rings. The van der Waals surface area contributed by atoms with Crippen LogP contribution in [0.5, 0.6) is 0 Å². The van der Waals surface area contributed by atoms with Crippen molar-refractivity contribution in [1.29, 1.82) is 0 Å². The largest absolute Gasteiger partial charge is 0.397 e. The Morgan fingerprint density at radius 1 is 1.13 bits per heavy atom. The second kappa shape index (κ2) is 8.16. The van der Waals surface area contributed by atoms with Crippen LogP contribution in [0.15, 0.2) is 24.3 Å². The third kappa shape index (κ3) is 3.91. The van der Waals surface area contributed by atoms with Gasteiger partial charge in [0, 0.05) is 31.2 Å². The molecule has 7 nitrogen and oxygen atoms in total. The Morgan fingerprint density at radius 2 is 1.83 bits per heavy atom. The van der Waals surface area contributed by atoms with E-state index in [1.54, 1.807) is 29.2 Å². The van der Waals surface area contributed by atoms with Gasteiger partial charge in [-0.05, 0) is 11.6 Å². The zero-order valence-electron chi connectivity index (χ0n) is 16.3. The number of likely N-dealkylation sites (tertiary alicyclic amines) is 1. The Kier molecular flexibility index (Phi) is 5.73. The summed E-state index contributed by atoms with van der Waals surface area (Å²) >= 11 is 0. The van der Waals surface area contributed by atoms with Crippen LogP contribution in [0.1, 0.15) is 17.9 Å². The predicted molar refractivity (Wildman–Crippen MR) is 101 cm³/mol. The number of benzene rings is 1. The highest BCUT2D eigenvalue weighted by Crippen LogP contribution is 2.48. The van der Waals surface area contributed by atoms with E-state index in [9.17, 15) is 27.9 Å². The van der Waals surface area contributed by atoms with Crippen LogP contribution in [0.3, 0.4) is 0 Å². The van der Waals surface area contributed by atoms with Crippen molar-refractivity contribution in [3.05, 3.63) is 29.8 Å². The number of para-hydroxylation sites is 1. The Bertz CT molecular complexity index is 813. The summed E-state index contributed by atoms with van der Waals surface area (Å²) in [4.78, 5) is 30.0. The van der Waals surface area contributed by atoms with Gasteiger partial charge >= 0.3 is 6.18 Å². The molecule has 2 amide bonds. The van der Waals surface area contributed by atoms with Gasteiger partial charge in [-0.1, -0.05) is 18.2 Å². The monoisotopic (exact) mass is 427 g/mol. The molecular weight excluding hydrogens is 403 g/mol. The lowest BCUT2D eigenvalue weighted by atomic mass is 9.71. The van der Waals surface area contributed by atoms with Gasteiger partial charge < -0.3 is 19.6 Å². The number of rotatable bonds is 4. The van der Waals surface area contributed by atoms with E-state index >= 15 is 0 Å². The van der Waals surface area contributed by atoms with E-state index in [4.69, 9.17) is 4.74 Å². The molecule has 0 bridgehead atoms. The number of morpholine rings is 1. The summed E-state index contributed by atoms with van der Waals surface area (Å²) in [7, 11) is 0. The fourth-order valence-corrected chi connectivity index (χ4v) is 4.77. The molecule has 0 aromatic heterocycles.